The number of rotatable bonds is 7. The van der Waals surface area contributed by atoms with E-state index in [1.165, 1.54) is 5.57 Å². The topological polar surface area (TPSA) is 51.1 Å². The molecule has 4 rings (SSSR count). The fourth-order valence-corrected chi connectivity index (χ4v) is 4.68. The molecular weight excluding hydrogens is 424 g/mol. The second-order valence-corrected chi connectivity index (χ2v) is 8.24. The van der Waals surface area contributed by atoms with Gasteiger partial charge in [0.1, 0.15) is 17.4 Å². The van der Waals surface area contributed by atoms with Gasteiger partial charge in [0.2, 0.25) is 0 Å². The molecule has 6 heteroatoms. The SMILES string of the molecule is CCOc1ccc(/C=C2\CCC[C@H]3C2=NN(C(=O)CCl)[C@@H]3c2ccc(OCC)cc2)cc1. The van der Waals surface area contributed by atoms with Gasteiger partial charge < -0.3 is 9.47 Å². The van der Waals surface area contributed by atoms with Crippen molar-refractivity contribution in [1.82, 2.24) is 5.01 Å². The average molecular weight is 453 g/mol. The van der Waals surface area contributed by atoms with Crippen LogP contribution in [0.4, 0.5) is 0 Å². The van der Waals surface area contributed by atoms with Crippen molar-refractivity contribution in [3.05, 3.63) is 65.2 Å². The van der Waals surface area contributed by atoms with Gasteiger partial charge in [-0.1, -0.05) is 24.3 Å². The van der Waals surface area contributed by atoms with Gasteiger partial charge in [-0.3, -0.25) is 4.79 Å². The molecule has 0 aromatic heterocycles. The zero-order chi connectivity index (χ0) is 22.5. The minimum absolute atomic E-state index is 0.0883. The molecule has 1 aliphatic heterocycles. The number of fused-ring (bicyclic) bond motifs is 1. The summed E-state index contributed by atoms with van der Waals surface area (Å²) >= 11 is 5.95. The van der Waals surface area contributed by atoms with E-state index in [0.29, 0.717) is 13.2 Å². The zero-order valence-corrected chi connectivity index (χ0v) is 19.3. The van der Waals surface area contributed by atoms with Gasteiger partial charge in [-0.05, 0) is 80.2 Å². The maximum Gasteiger partial charge on any atom is 0.258 e. The summed E-state index contributed by atoms with van der Waals surface area (Å²) in [6, 6.07) is 15.9. The van der Waals surface area contributed by atoms with E-state index in [0.717, 1.165) is 47.6 Å². The number of carbonyl (C=O) groups excluding carboxylic acids is 1. The molecule has 0 saturated heterocycles. The molecule has 2 aromatic carbocycles. The first-order valence-corrected chi connectivity index (χ1v) is 11.8. The summed E-state index contributed by atoms with van der Waals surface area (Å²) in [6.45, 7) is 5.21. The van der Waals surface area contributed by atoms with E-state index in [-0.39, 0.29) is 23.7 Å². The number of alkyl halides is 1. The maximum absolute atomic E-state index is 12.7. The van der Waals surface area contributed by atoms with Crippen LogP contribution >= 0.6 is 11.6 Å². The van der Waals surface area contributed by atoms with E-state index < -0.39 is 0 Å². The Morgan fingerprint density at radius 2 is 1.69 bits per heavy atom. The number of halogens is 1. The lowest BCUT2D eigenvalue weighted by Crippen LogP contribution is -2.32. The Hall–Kier alpha value is -2.79. The van der Waals surface area contributed by atoms with E-state index in [4.69, 9.17) is 26.2 Å². The van der Waals surface area contributed by atoms with Gasteiger partial charge in [0.05, 0.1) is 25.0 Å². The highest BCUT2D eigenvalue weighted by atomic mass is 35.5. The molecule has 168 valence electrons. The average Bonchev–Trinajstić information content (AvgIpc) is 3.21. The second-order valence-electron chi connectivity index (χ2n) is 7.97. The number of amides is 1. The summed E-state index contributed by atoms with van der Waals surface area (Å²) in [7, 11) is 0. The Kier molecular flexibility index (Phi) is 7.15. The Labute approximate surface area is 194 Å². The molecule has 5 nitrogen and oxygen atoms in total. The van der Waals surface area contributed by atoms with E-state index in [1.54, 1.807) is 5.01 Å². The summed E-state index contributed by atoms with van der Waals surface area (Å²) in [5.41, 5.74) is 4.35. The number of hydrogen-bond acceptors (Lipinski definition) is 4. The highest BCUT2D eigenvalue weighted by Crippen LogP contribution is 2.44. The van der Waals surface area contributed by atoms with Crippen molar-refractivity contribution in [2.24, 2.45) is 11.0 Å². The van der Waals surface area contributed by atoms with Crippen LogP contribution in [0.15, 0.2) is 59.2 Å². The van der Waals surface area contributed by atoms with Crippen LogP contribution in [-0.2, 0) is 4.79 Å². The molecule has 0 spiro atoms. The van der Waals surface area contributed by atoms with Crippen LogP contribution in [0.25, 0.3) is 6.08 Å². The van der Waals surface area contributed by atoms with E-state index in [9.17, 15) is 4.79 Å². The molecule has 1 heterocycles. The van der Waals surface area contributed by atoms with Crippen LogP contribution in [0, 0.1) is 5.92 Å². The third-order valence-electron chi connectivity index (χ3n) is 5.94. The zero-order valence-electron chi connectivity index (χ0n) is 18.6. The first-order chi connectivity index (χ1) is 15.6. The number of hydrogen-bond donors (Lipinski definition) is 0. The number of ether oxygens (including phenoxy) is 2. The molecule has 0 radical (unpaired) electrons. The quantitative estimate of drug-likeness (QED) is 0.495. The molecular formula is C26H29ClN2O3. The van der Waals surface area contributed by atoms with Crippen LogP contribution < -0.4 is 9.47 Å². The van der Waals surface area contributed by atoms with Crippen molar-refractivity contribution in [2.75, 3.05) is 19.1 Å². The molecule has 0 bridgehead atoms. The van der Waals surface area contributed by atoms with Crippen LogP contribution in [0.2, 0.25) is 0 Å². The third-order valence-corrected chi connectivity index (χ3v) is 6.16. The fourth-order valence-electron chi connectivity index (χ4n) is 4.56. The van der Waals surface area contributed by atoms with Gasteiger partial charge in [-0.15, -0.1) is 11.6 Å². The van der Waals surface area contributed by atoms with Crippen LogP contribution in [-0.4, -0.2) is 35.7 Å². The highest BCUT2D eigenvalue weighted by molar-refractivity contribution is 6.27. The Morgan fingerprint density at radius 3 is 2.28 bits per heavy atom. The normalized spacial score (nSPS) is 21.3. The third kappa shape index (κ3) is 4.68. The molecule has 1 saturated carbocycles. The van der Waals surface area contributed by atoms with E-state index in [2.05, 4.69) is 18.2 Å². The largest absolute Gasteiger partial charge is 0.494 e. The summed E-state index contributed by atoms with van der Waals surface area (Å²) in [4.78, 5) is 12.7. The van der Waals surface area contributed by atoms with Crippen molar-refractivity contribution >= 4 is 29.3 Å². The van der Waals surface area contributed by atoms with Gasteiger partial charge in [0.15, 0.2) is 0 Å². The van der Waals surface area contributed by atoms with Gasteiger partial charge in [0, 0.05) is 5.92 Å². The van der Waals surface area contributed by atoms with Gasteiger partial charge in [-0.25, -0.2) is 5.01 Å². The number of hydrazone groups is 1. The minimum Gasteiger partial charge on any atom is -0.494 e. The van der Waals surface area contributed by atoms with Crippen molar-refractivity contribution in [3.63, 3.8) is 0 Å². The van der Waals surface area contributed by atoms with Crippen molar-refractivity contribution in [3.8, 4) is 11.5 Å². The standard InChI is InChI=1S/C26H29ClN2O3/c1-3-31-21-12-8-18(9-13-21)16-20-6-5-7-23-25(20)28-29(24(30)17-27)26(23)19-10-14-22(15-11-19)32-4-2/h8-16,23,26H,3-7,17H2,1-2H3/b20-16+/t23-,26+/m0/s1. The first-order valence-electron chi connectivity index (χ1n) is 11.3. The Balaban J connectivity index is 1.65. The Morgan fingerprint density at radius 1 is 1.06 bits per heavy atom. The molecule has 1 amide bonds. The summed E-state index contributed by atoms with van der Waals surface area (Å²) < 4.78 is 11.1. The number of benzene rings is 2. The van der Waals surface area contributed by atoms with Gasteiger partial charge in [-0.2, -0.15) is 5.10 Å². The maximum atomic E-state index is 12.7. The van der Waals surface area contributed by atoms with Crippen molar-refractivity contribution in [1.29, 1.82) is 0 Å². The molecule has 0 N–H and O–H groups in total. The molecule has 1 aliphatic carbocycles. The van der Waals surface area contributed by atoms with Gasteiger partial charge in [0.25, 0.3) is 5.91 Å². The predicted molar refractivity (Wildman–Crippen MR) is 128 cm³/mol. The lowest BCUT2D eigenvalue weighted by atomic mass is 9.77. The Bertz CT molecular complexity index is 999. The van der Waals surface area contributed by atoms with Crippen LogP contribution in [0.5, 0.6) is 11.5 Å². The molecule has 32 heavy (non-hydrogen) atoms. The second kappa shape index (κ2) is 10.2. The van der Waals surface area contributed by atoms with E-state index >= 15 is 0 Å². The lowest BCUT2D eigenvalue weighted by Gasteiger charge is -2.29. The predicted octanol–water partition coefficient (Wildman–Crippen LogP) is 5.85. The number of carbonyl (C=O) groups is 1. The number of allylic oxidation sites excluding steroid dienone is 1. The number of nitrogens with zero attached hydrogens (tertiary/aromatic N) is 2. The monoisotopic (exact) mass is 452 g/mol. The summed E-state index contributed by atoms with van der Waals surface area (Å²) in [6.07, 6.45) is 5.18. The fraction of sp³-hybridized carbons (Fsp3) is 0.385. The molecule has 0 unspecified atom stereocenters. The van der Waals surface area contributed by atoms with Crippen LogP contribution in [0.3, 0.4) is 0 Å². The van der Waals surface area contributed by atoms with Gasteiger partial charge >= 0.3 is 0 Å². The van der Waals surface area contributed by atoms with E-state index in [1.807, 2.05) is 50.2 Å². The molecule has 2 aromatic rings. The van der Waals surface area contributed by atoms with Crippen molar-refractivity contribution in [2.45, 2.75) is 39.2 Å². The molecule has 2 aliphatic rings. The smallest absolute Gasteiger partial charge is 0.258 e. The lowest BCUT2D eigenvalue weighted by molar-refractivity contribution is -0.130. The first kappa shape index (κ1) is 22.4. The molecule has 2 atom stereocenters. The van der Waals surface area contributed by atoms with Crippen molar-refractivity contribution < 1.29 is 14.3 Å². The molecule has 1 fully saturated rings. The summed E-state index contributed by atoms with van der Waals surface area (Å²) in [5.74, 6) is 1.58. The summed E-state index contributed by atoms with van der Waals surface area (Å²) in [5, 5.41) is 6.41. The minimum atomic E-state index is -0.173. The van der Waals surface area contributed by atoms with Crippen LogP contribution in [0.1, 0.15) is 50.3 Å². The highest BCUT2D eigenvalue weighted by Gasteiger charge is 2.43.